The standard InChI is InChI=1S/C14H25N3/c1-10(2)11-4-5-12(9-15)13(8-11)14-16-6-7-17(14)3/h6-7,10-13H,4-5,8-9,15H2,1-3H3. The number of nitrogens with two attached hydrogens (primary N) is 1. The fourth-order valence-electron chi connectivity index (χ4n) is 3.20. The van der Waals surface area contributed by atoms with Crippen LogP contribution in [0, 0.1) is 17.8 Å². The smallest absolute Gasteiger partial charge is 0.111 e. The summed E-state index contributed by atoms with van der Waals surface area (Å²) < 4.78 is 2.16. The van der Waals surface area contributed by atoms with E-state index in [2.05, 4.69) is 30.4 Å². The topological polar surface area (TPSA) is 43.8 Å². The van der Waals surface area contributed by atoms with Crippen molar-refractivity contribution >= 4 is 0 Å². The Balaban J connectivity index is 2.18. The van der Waals surface area contributed by atoms with E-state index in [0.717, 1.165) is 18.4 Å². The number of imidazole rings is 1. The van der Waals surface area contributed by atoms with Gasteiger partial charge in [-0.1, -0.05) is 13.8 Å². The summed E-state index contributed by atoms with van der Waals surface area (Å²) >= 11 is 0. The molecule has 1 aliphatic rings. The molecule has 1 fully saturated rings. The zero-order valence-electron chi connectivity index (χ0n) is 11.3. The molecule has 1 saturated carbocycles. The average molecular weight is 235 g/mol. The lowest BCUT2D eigenvalue weighted by molar-refractivity contribution is 0.190. The van der Waals surface area contributed by atoms with Gasteiger partial charge >= 0.3 is 0 Å². The molecule has 1 aromatic rings. The summed E-state index contributed by atoms with van der Waals surface area (Å²) in [6, 6.07) is 0. The molecule has 17 heavy (non-hydrogen) atoms. The van der Waals surface area contributed by atoms with Crippen LogP contribution in [0.15, 0.2) is 12.4 Å². The molecule has 1 aliphatic carbocycles. The van der Waals surface area contributed by atoms with Crippen molar-refractivity contribution in [1.29, 1.82) is 0 Å². The van der Waals surface area contributed by atoms with Crippen LogP contribution in [0.5, 0.6) is 0 Å². The van der Waals surface area contributed by atoms with Crippen LogP contribution in [0.4, 0.5) is 0 Å². The molecule has 0 amide bonds. The van der Waals surface area contributed by atoms with Crippen molar-refractivity contribution in [3.8, 4) is 0 Å². The van der Waals surface area contributed by atoms with E-state index in [1.54, 1.807) is 0 Å². The number of hydrogen-bond donors (Lipinski definition) is 1. The Kier molecular flexibility index (Phi) is 3.87. The Morgan fingerprint density at radius 2 is 2.24 bits per heavy atom. The lowest BCUT2D eigenvalue weighted by Crippen LogP contribution is -2.32. The first-order valence-corrected chi connectivity index (χ1v) is 6.80. The normalized spacial score (nSPS) is 29.8. The monoisotopic (exact) mass is 235 g/mol. The average Bonchev–Trinajstić information content (AvgIpc) is 2.74. The molecule has 1 heterocycles. The van der Waals surface area contributed by atoms with Crippen LogP contribution in [0.3, 0.4) is 0 Å². The van der Waals surface area contributed by atoms with E-state index >= 15 is 0 Å². The van der Waals surface area contributed by atoms with Gasteiger partial charge in [0.2, 0.25) is 0 Å². The third-order valence-electron chi connectivity index (χ3n) is 4.47. The highest BCUT2D eigenvalue weighted by Gasteiger charge is 2.33. The predicted octanol–water partition coefficient (Wildman–Crippen LogP) is 2.53. The second-order valence-electron chi connectivity index (χ2n) is 5.82. The molecular weight excluding hydrogens is 210 g/mol. The maximum absolute atomic E-state index is 5.93. The van der Waals surface area contributed by atoms with Crippen molar-refractivity contribution in [2.24, 2.45) is 30.5 Å². The van der Waals surface area contributed by atoms with Crippen LogP contribution in [0.1, 0.15) is 44.9 Å². The molecule has 3 heteroatoms. The molecule has 0 aliphatic heterocycles. The highest BCUT2D eigenvalue weighted by molar-refractivity contribution is 5.05. The van der Waals surface area contributed by atoms with Crippen LogP contribution in [-0.2, 0) is 7.05 Å². The molecule has 2 N–H and O–H groups in total. The van der Waals surface area contributed by atoms with E-state index in [9.17, 15) is 0 Å². The van der Waals surface area contributed by atoms with E-state index < -0.39 is 0 Å². The molecule has 0 aromatic carbocycles. The zero-order valence-corrected chi connectivity index (χ0v) is 11.3. The summed E-state index contributed by atoms with van der Waals surface area (Å²) in [5.74, 6) is 4.01. The summed E-state index contributed by atoms with van der Waals surface area (Å²) in [6.07, 6.45) is 7.80. The summed E-state index contributed by atoms with van der Waals surface area (Å²) in [5.41, 5.74) is 5.93. The number of hydrogen-bond acceptors (Lipinski definition) is 2. The summed E-state index contributed by atoms with van der Waals surface area (Å²) in [4.78, 5) is 4.54. The maximum atomic E-state index is 5.93. The summed E-state index contributed by atoms with van der Waals surface area (Å²) in [6.45, 7) is 5.47. The van der Waals surface area contributed by atoms with Gasteiger partial charge in [-0.2, -0.15) is 0 Å². The van der Waals surface area contributed by atoms with E-state index in [1.807, 2.05) is 12.4 Å². The van der Waals surface area contributed by atoms with Crippen molar-refractivity contribution in [3.63, 3.8) is 0 Å². The van der Waals surface area contributed by atoms with E-state index in [0.29, 0.717) is 11.8 Å². The Bertz CT molecular complexity index is 356. The Hall–Kier alpha value is -0.830. The molecule has 0 radical (unpaired) electrons. The van der Waals surface area contributed by atoms with Crippen molar-refractivity contribution in [2.45, 2.75) is 39.0 Å². The summed E-state index contributed by atoms with van der Waals surface area (Å²) in [5, 5.41) is 0. The number of aromatic nitrogens is 2. The van der Waals surface area contributed by atoms with Crippen LogP contribution < -0.4 is 5.73 Å². The van der Waals surface area contributed by atoms with E-state index in [1.165, 1.54) is 25.1 Å². The fourth-order valence-corrected chi connectivity index (χ4v) is 3.20. The minimum atomic E-state index is 0.557. The molecule has 1 aromatic heterocycles. The second kappa shape index (κ2) is 5.21. The van der Waals surface area contributed by atoms with Crippen molar-refractivity contribution in [2.75, 3.05) is 6.54 Å². The van der Waals surface area contributed by atoms with Gasteiger partial charge in [-0.05, 0) is 43.6 Å². The molecule has 2 rings (SSSR count). The first kappa shape index (κ1) is 12.6. The van der Waals surface area contributed by atoms with Gasteiger partial charge in [-0.3, -0.25) is 0 Å². The lowest BCUT2D eigenvalue weighted by atomic mass is 9.70. The van der Waals surface area contributed by atoms with Gasteiger partial charge in [0.25, 0.3) is 0 Å². The molecule has 3 unspecified atom stereocenters. The first-order valence-electron chi connectivity index (χ1n) is 6.80. The van der Waals surface area contributed by atoms with Crippen LogP contribution in [0.2, 0.25) is 0 Å². The van der Waals surface area contributed by atoms with E-state index in [-0.39, 0.29) is 0 Å². The molecule has 0 saturated heterocycles. The quantitative estimate of drug-likeness (QED) is 0.875. The highest BCUT2D eigenvalue weighted by Crippen LogP contribution is 2.41. The van der Waals surface area contributed by atoms with E-state index in [4.69, 9.17) is 5.73 Å². The van der Waals surface area contributed by atoms with Crippen LogP contribution in [-0.4, -0.2) is 16.1 Å². The molecule has 0 spiro atoms. The Morgan fingerprint density at radius 3 is 2.76 bits per heavy atom. The molecule has 3 atom stereocenters. The SMILES string of the molecule is CC(C)C1CCC(CN)C(c2nccn2C)C1. The van der Waals surface area contributed by atoms with Gasteiger partial charge in [-0.25, -0.2) is 4.98 Å². The fraction of sp³-hybridized carbons (Fsp3) is 0.786. The lowest BCUT2D eigenvalue weighted by Gasteiger charge is -2.37. The van der Waals surface area contributed by atoms with Gasteiger partial charge in [0, 0.05) is 25.4 Å². The minimum Gasteiger partial charge on any atom is -0.338 e. The molecule has 96 valence electrons. The largest absolute Gasteiger partial charge is 0.338 e. The first-order chi connectivity index (χ1) is 8.13. The molecule has 0 bridgehead atoms. The zero-order chi connectivity index (χ0) is 12.4. The second-order valence-corrected chi connectivity index (χ2v) is 5.82. The van der Waals surface area contributed by atoms with Crippen molar-refractivity contribution in [3.05, 3.63) is 18.2 Å². The van der Waals surface area contributed by atoms with Crippen molar-refractivity contribution in [1.82, 2.24) is 9.55 Å². The Labute approximate surface area is 104 Å². The number of rotatable bonds is 3. The molecular formula is C14H25N3. The van der Waals surface area contributed by atoms with Gasteiger partial charge < -0.3 is 10.3 Å². The summed E-state index contributed by atoms with van der Waals surface area (Å²) in [7, 11) is 2.09. The van der Waals surface area contributed by atoms with Crippen molar-refractivity contribution < 1.29 is 0 Å². The Morgan fingerprint density at radius 1 is 1.47 bits per heavy atom. The van der Waals surface area contributed by atoms with Gasteiger partial charge in [0.1, 0.15) is 5.82 Å². The van der Waals surface area contributed by atoms with Gasteiger partial charge in [-0.15, -0.1) is 0 Å². The van der Waals surface area contributed by atoms with Gasteiger partial charge in [0.15, 0.2) is 0 Å². The minimum absolute atomic E-state index is 0.557. The van der Waals surface area contributed by atoms with Crippen LogP contribution >= 0.6 is 0 Å². The third kappa shape index (κ3) is 2.54. The molecule has 3 nitrogen and oxygen atoms in total. The van der Waals surface area contributed by atoms with Crippen LogP contribution in [0.25, 0.3) is 0 Å². The van der Waals surface area contributed by atoms with Gasteiger partial charge in [0.05, 0.1) is 0 Å². The highest BCUT2D eigenvalue weighted by atomic mass is 15.0. The predicted molar refractivity (Wildman–Crippen MR) is 70.7 cm³/mol. The number of aryl methyl sites for hydroxylation is 1. The maximum Gasteiger partial charge on any atom is 0.111 e. The third-order valence-corrected chi connectivity index (χ3v) is 4.47. The number of nitrogens with zero attached hydrogens (tertiary/aromatic N) is 2.